The van der Waals surface area contributed by atoms with Crippen LogP contribution < -0.4 is 0 Å². The van der Waals surface area contributed by atoms with Crippen LogP contribution in [0.3, 0.4) is 0 Å². The van der Waals surface area contributed by atoms with Crippen LogP contribution in [-0.2, 0) is 6.54 Å². The molecule has 17 heavy (non-hydrogen) atoms. The van der Waals surface area contributed by atoms with Gasteiger partial charge in [-0.15, -0.1) is 10.2 Å². The smallest absolute Gasteiger partial charge is 0.225 e. The van der Waals surface area contributed by atoms with Gasteiger partial charge in [0.25, 0.3) is 0 Å². The van der Waals surface area contributed by atoms with E-state index in [1.165, 1.54) is 38.5 Å². The van der Waals surface area contributed by atoms with Gasteiger partial charge in [0.15, 0.2) is 0 Å². The second kappa shape index (κ2) is 5.85. The third kappa shape index (κ3) is 3.21. The van der Waals surface area contributed by atoms with Crippen LogP contribution in [-0.4, -0.2) is 14.8 Å². The fraction of sp³-hybridized carbons (Fsp3) is 0.846. The maximum Gasteiger partial charge on any atom is 0.225 e. The Bertz CT molecular complexity index is 358. The molecule has 0 radical (unpaired) electrons. The molecule has 1 fully saturated rings. The molecule has 1 unspecified atom stereocenters. The van der Waals surface area contributed by atoms with Gasteiger partial charge in [0.05, 0.1) is 0 Å². The van der Waals surface area contributed by atoms with Crippen molar-refractivity contribution in [3.05, 3.63) is 11.1 Å². The topological polar surface area (TPSA) is 30.7 Å². The number of aromatic nitrogens is 3. The Morgan fingerprint density at radius 3 is 2.71 bits per heavy atom. The van der Waals surface area contributed by atoms with Gasteiger partial charge in [-0.2, -0.15) is 0 Å². The van der Waals surface area contributed by atoms with Crippen molar-refractivity contribution >= 4 is 11.6 Å². The fourth-order valence-electron chi connectivity index (χ4n) is 2.28. The molecule has 4 heteroatoms. The number of hydrogen-bond donors (Lipinski definition) is 0. The molecule has 0 N–H and O–H groups in total. The van der Waals surface area contributed by atoms with Gasteiger partial charge in [-0.05, 0) is 36.8 Å². The summed E-state index contributed by atoms with van der Waals surface area (Å²) >= 11 is 6.14. The Kier molecular flexibility index (Phi) is 4.43. The molecule has 1 heterocycles. The van der Waals surface area contributed by atoms with E-state index < -0.39 is 0 Å². The van der Waals surface area contributed by atoms with Gasteiger partial charge in [0.1, 0.15) is 5.82 Å². The minimum Gasteiger partial charge on any atom is -0.301 e. The lowest BCUT2D eigenvalue weighted by Gasteiger charge is -2.16. The van der Waals surface area contributed by atoms with Crippen LogP contribution in [0, 0.1) is 5.92 Å². The number of unbranched alkanes of at least 4 members (excludes halogenated alkanes) is 1. The van der Waals surface area contributed by atoms with Crippen LogP contribution in [0.5, 0.6) is 0 Å². The standard InChI is InChI=1S/C13H22ClN3/c1-3-5-6-10(4-2)9-17-12(11-7-8-11)15-16-13(17)14/h10-11H,3-9H2,1-2H3. The maximum atomic E-state index is 6.14. The predicted octanol–water partition coefficient (Wildman–Crippen LogP) is 4.03. The van der Waals surface area contributed by atoms with Crippen LogP contribution in [0.25, 0.3) is 0 Å². The Morgan fingerprint density at radius 2 is 2.12 bits per heavy atom. The number of hydrogen-bond acceptors (Lipinski definition) is 2. The van der Waals surface area contributed by atoms with Gasteiger partial charge in [-0.25, -0.2) is 0 Å². The zero-order valence-corrected chi connectivity index (χ0v) is 11.6. The monoisotopic (exact) mass is 255 g/mol. The van der Waals surface area contributed by atoms with Crippen LogP contribution in [0.15, 0.2) is 0 Å². The maximum absolute atomic E-state index is 6.14. The summed E-state index contributed by atoms with van der Waals surface area (Å²) in [6.45, 7) is 5.50. The van der Waals surface area contributed by atoms with E-state index >= 15 is 0 Å². The van der Waals surface area contributed by atoms with E-state index in [-0.39, 0.29) is 0 Å². The van der Waals surface area contributed by atoms with Crippen molar-refractivity contribution in [1.29, 1.82) is 0 Å². The van der Waals surface area contributed by atoms with Crippen LogP contribution >= 0.6 is 11.6 Å². The first-order valence-corrected chi connectivity index (χ1v) is 7.22. The molecule has 0 saturated heterocycles. The molecule has 1 aliphatic carbocycles. The lowest BCUT2D eigenvalue weighted by atomic mass is 9.99. The summed E-state index contributed by atoms with van der Waals surface area (Å²) in [6, 6.07) is 0. The van der Waals surface area contributed by atoms with Crippen molar-refractivity contribution in [3.63, 3.8) is 0 Å². The van der Waals surface area contributed by atoms with Crippen molar-refractivity contribution in [1.82, 2.24) is 14.8 Å². The minimum atomic E-state index is 0.571. The third-order valence-corrected chi connectivity index (χ3v) is 3.94. The molecule has 0 bridgehead atoms. The van der Waals surface area contributed by atoms with E-state index in [1.54, 1.807) is 0 Å². The van der Waals surface area contributed by atoms with Crippen LogP contribution in [0.4, 0.5) is 0 Å². The second-order valence-corrected chi connectivity index (χ2v) is 5.47. The Labute approximate surface area is 109 Å². The summed E-state index contributed by atoms with van der Waals surface area (Å²) in [5.41, 5.74) is 0. The van der Waals surface area contributed by atoms with Gasteiger partial charge in [0, 0.05) is 12.5 Å². The summed E-state index contributed by atoms with van der Waals surface area (Å²) in [5.74, 6) is 2.45. The highest BCUT2D eigenvalue weighted by molar-refractivity contribution is 6.28. The normalized spacial score (nSPS) is 17.4. The average molecular weight is 256 g/mol. The zero-order valence-electron chi connectivity index (χ0n) is 10.8. The van der Waals surface area contributed by atoms with Gasteiger partial charge >= 0.3 is 0 Å². The first-order chi connectivity index (χ1) is 8.26. The van der Waals surface area contributed by atoms with E-state index in [4.69, 9.17) is 11.6 Å². The van der Waals surface area contributed by atoms with Crippen molar-refractivity contribution < 1.29 is 0 Å². The highest BCUT2D eigenvalue weighted by atomic mass is 35.5. The van der Waals surface area contributed by atoms with Gasteiger partial charge in [-0.3, -0.25) is 0 Å². The number of rotatable bonds is 7. The summed E-state index contributed by atoms with van der Waals surface area (Å²) in [6.07, 6.45) is 7.56. The molecule has 1 saturated carbocycles. The molecule has 0 amide bonds. The molecule has 2 rings (SSSR count). The lowest BCUT2D eigenvalue weighted by Crippen LogP contribution is -2.12. The first kappa shape index (κ1) is 12.9. The van der Waals surface area contributed by atoms with Gasteiger partial charge in [-0.1, -0.05) is 33.1 Å². The molecule has 0 aromatic carbocycles. The molecule has 96 valence electrons. The first-order valence-electron chi connectivity index (χ1n) is 6.84. The second-order valence-electron chi connectivity index (χ2n) is 5.13. The summed E-state index contributed by atoms with van der Waals surface area (Å²) in [7, 11) is 0. The number of halogens is 1. The highest BCUT2D eigenvalue weighted by Crippen LogP contribution is 2.40. The molecule has 0 aliphatic heterocycles. The van der Waals surface area contributed by atoms with Crippen molar-refractivity contribution in [2.75, 3.05) is 0 Å². The van der Waals surface area contributed by atoms with E-state index in [0.717, 1.165) is 12.4 Å². The summed E-state index contributed by atoms with van der Waals surface area (Å²) < 4.78 is 2.14. The molecule has 1 atom stereocenters. The van der Waals surface area contributed by atoms with E-state index in [1.807, 2.05) is 0 Å². The Balaban J connectivity index is 2.02. The van der Waals surface area contributed by atoms with Crippen LogP contribution in [0.2, 0.25) is 5.28 Å². The van der Waals surface area contributed by atoms with E-state index in [0.29, 0.717) is 17.1 Å². The molecular weight excluding hydrogens is 234 g/mol. The molecular formula is C13H22ClN3. The van der Waals surface area contributed by atoms with Gasteiger partial charge < -0.3 is 4.57 Å². The largest absolute Gasteiger partial charge is 0.301 e. The zero-order chi connectivity index (χ0) is 12.3. The highest BCUT2D eigenvalue weighted by Gasteiger charge is 2.30. The summed E-state index contributed by atoms with van der Waals surface area (Å²) in [4.78, 5) is 0. The van der Waals surface area contributed by atoms with Crippen molar-refractivity contribution in [2.24, 2.45) is 5.92 Å². The average Bonchev–Trinajstić information content (AvgIpc) is 3.11. The summed E-state index contributed by atoms with van der Waals surface area (Å²) in [5, 5.41) is 8.82. The number of nitrogens with zero attached hydrogens (tertiary/aromatic N) is 3. The lowest BCUT2D eigenvalue weighted by molar-refractivity contribution is 0.385. The Morgan fingerprint density at radius 1 is 1.35 bits per heavy atom. The van der Waals surface area contributed by atoms with Crippen molar-refractivity contribution in [2.45, 2.75) is 64.8 Å². The SMILES string of the molecule is CCCCC(CC)Cn1c(Cl)nnc1C1CC1. The van der Waals surface area contributed by atoms with E-state index in [9.17, 15) is 0 Å². The molecule has 1 aromatic rings. The molecule has 1 aliphatic rings. The Hall–Kier alpha value is -0.570. The molecule has 1 aromatic heterocycles. The van der Waals surface area contributed by atoms with Crippen molar-refractivity contribution in [3.8, 4) is 0 Å². The fourth-order valence-corrected chi connectivity index (χ4v) is 2.48. The van der Waals surface area contributed by atoms with E-state index in [2.05, 4.69) is 28.6 Å². The van der Waals surface area contributed by atoms with Gasteiger partial charge in [0.2, 0.25) is 5.28 Å². The minimum absolute atomic E-state index is 0.571. The molecule has 0 spiro atoms. The predicted molar refractivity (Wildman–Crippen MR) is 70.3 cm³/mol. The molecule has 3 nitrogen and oxygen atoms in total. The van der Waals surface area contributed by atoms with Crippen LogP contribution in [0.1, 0.15) is 64.1 Å². The quantitative estimate of drug-likeness (QED) is 0.737. The third-order valence-electron chi connectivity index (χ3n) is 3.66.